The van der Waals surface area contributed by atoms with Crippen LogP contribution >= 0.6 is 0 Å². The van der Waals surface area contributed by atoms with E-state index in [4.69, 9.17) is 9.47 Å². The molecule has 4 rings (SSSR count). The molecule has 0 aliphatic carbocycles. The van der Waals surface area contributed by atoms with Crippen molar-refractivity contribution in [3.8, 4) is 11.6 Å². The van der Waals surface area contributed by atoms with Gasteiger partial charge in [0.05, 0.1) is 24.8 Å². The predicted octanol–water partition coefficient (Wildman–Crippen LogP) is 2.09. The molecule has 168 valence electrons. The highest BCUT2D eigenvalue weighted by molar-refractivity contribution is 5.68. The van der Waals surface area contributed by atoms with Crippen molar-refractivity contribution in [2.24, 2.45) is 0 Å². The first-order valence-corrected chi connectivity index (χ1v) is 10.4. The molecule has 1 aliphatic rings. The fourth-order valence-electron chi connectivity index (χ4n) is 3.08. The molecule has 0 spiro atoms. The van der Waals surface area contributed by atoms with E-state index in [1.807, 2.05) is 37.8 Å². The van der Waals surface area contributed by atoms with Gasteiger partial charge in [0.15, 0.2) is 11.6 Å². The molecule has 0 saturated carbocycles. The molecule has 1 aliphatic heterocycles. The minimum absolute atomic E-state index is 0.287. The number of pyridine rings is 1. The van der Waals surface area contributed by atoms with E-state index in [2.05, 4.69) is 25.1 Å². The van der Waals surface area contributed by atoms with E-state index in [-0.39, 0.29) is 6.09 Å². The summed E-state index contributed by atoms with van der Waals surface area (Å²) in [4.78, 5) is 30.5. The van der Waals surface area contributed by atoms with Crippen molar-refractivity contribution in [1.82, 2.24) is 34.8 Å². The van der Waals surface area contributed by atoms with Crippen molar-refractivity contribution >= 4 is 12.0 Å². The van der Waals surface area contributed by atoms with Gasteiger partial charge < -0.3 is 19.3 Å². The van der Waals surface area contributed by atoms with Gasteiger partial charge in [-0.2, -0.15) is 10.2 Å². The lowest BCUT2D eigenvalue weighted by Gasteiger charge is -2.35. The van der Waals surface area contributed by atoms with Gasteiger partial charge in [-0.05, 0) is 26.8 Å². The summed E-state index contributed by atoms with van der Waals surface area (Å²) < 4.78 is 11.2. The third kappa shape index (κ3) is 5.48. The fourth-order valence-corrected chi connectivity index (χ4v) is 3.08. The van der Waals surface area contributed by atoms with E-state index in [0.717, 1.165) is 5.56 Å². The maximum absolute atomic E-state index is 12.2. The third-order valence-electron chi connectivity index (χ3n) is 4.67. The lowest BCUT2D eigenvalue weighted by atomic mass is 10.2. The topological polar surface area (TPSA) is 111 Å². The zero-order valence-electron chi connectivity index (χ0n) is 18.4. The number of rotatable bonds is 5. The molecule has 32 heavy (non-hydrogen) atoms. The number of ether oxygens (including phenoxy) is 2. The van der Waals surface area contributed by atoms with Gasteiger partial charge in [0.2, 0.25) is 5.95 Å². The van der Waals surface area contributed by atoms with Crippen molar-refractivity contribution < 1.29 is 14.3 Å². The van der Waals surface area contributed by atoms with Gasteiger partial charge >= 0.3 is 6.09 Å². The quantitative estimate of drug-likeness (QED) is 0.591. The maximum Gasteiger partial charge on any atom is 0.410 e. The van der Waals surface area contributed by atoms with Gasteiger partial charge in [-0.15, -0.1) is 4.80 Å². The summed E-state index contributed by atoms with van der Waals surface area (Å²) in [5, 5.41) is 8.10. The van der Waals surface area contributed by atoms with E-state index < -0.39 is 5.60 Å². The maximum atomic E-state index is 12.2. The average Bonchev–Trinajstić information content (AvgIpc) is 3.32. The first-order chi connectivity index (χ1) is 15.4. The van der Waals surface area contributed by atoms with Crippen LogP contribution in [0.5, 0.6) is 5.75 Å². The standard InChI is InChI=1S/C21H26N8O3/c1-21(2,3)32-20(30)28-10-8-27(9-11-28)19-23-13-17(14-24-19)31-15-16-4-5-18(22-12-16)29-25-6-7-26-29/h4-7,12-14H,8-11,15H2,1-3H3. The van der Waals surface area contributed by atoms with Gasteiger partial charge in [-0.25, -0.2) is 19.7 Å². The zero-order chi connectivity index (χ0) is 22.6. The van der Waals surface area contributed by atoms with Crippen molar-refractivity contribution in [2.45, 2.75) is 33.0 Å². The van der Waals surface area contributed by atoms with Gasteiger partial charge in [-0.3, -0.25) is 0 Å². The largest absolute Gasteiger partial charge is 0.486 e. The van der Waals surface area contributed by atoms with Crippen LogP contribution in [-0.2, 0) is 11.3 Å². The second kappa shape index (κ2) is 9.16. The second-order valence-corrected chi connectivity index (χ2v) is 8.31. The molecule has 1 amide bonds. The van der Waals surface area contributed by atoms with Gasteiger partial charge in [0.25, 0.3) is 0 Å². The number of carbonyl (C=O) groups is 1. The highest BCUT2D eigenvalue weighted by Crippen LogP contribution is 2.17. The SMILES string of the molecule is CC(C)(C)OC(=O)N1CCN(c2ncc(OCc3ccc(-n4nccn4)nc3)cn2)CC1. The van der Waals surface area contributed by atoms with E-state index in [1.165, 1.54) is 4.80 Å². The molecule has 1 fully saturated rings. The summed E-state index contributed by atoms with van der Waals surface area (Å²) in [6, 6.07) is 3.74. The molecule has 0 radical (unpaired) electrons. The summed E-state index contributed by atoms with van der Waals surface area (Å²) in [6.45, 7) is 8.35. The van der Waals surface area contributed by atoms with Crippen LogP contribution in [0.25, 0.3) is 5.82 Å². The minimum atomic E-state index is -0.498. The van der Waals surface area contributed by atoms with Crippen molar-refractivity contribution in [2.75, 3.05) is 31.1 Å². The number of nitrogens with zero attached hydrogens (tertiary/aromatic N) is 8. The molecule has 0 atom stereocenters. The number of piperazine rings is 1. The Balaban J connectivity index is 1.26. The Morgan fingerprint density at radius 2 is 1.66 bits per heavy atom. The molecule has 0 unspecified atom stereocenters. The first kappa shape index (κ1) is 21.5. The van der Waals surface area contributed by atoms with Crippen LogP contribution in [0, 0.1) is 0 Å². The fraction of sp³-hybridized carbons (Fsp3) is 0.429. The van der Waals surface area contributed by atoms with E-state index in [0.29, 0.717) is 50.3 Å². The Morgan fingerprint density at radius 3 is 2.25 bits per heavy atom. The summed E-state index contributed by atoms with van der Waals surface area (Å²) in [5.74, 6) is 1.82. The number of anilines is 1. The van der Waals surface area contributed by atoms with Crippen molar-refractivity contribution in [3.63, 3.8) is 0 Å². The lowest BCUT2D eigenvalue weighted by molar-refractivity contribution is 0.0240. The van der Waals surface area contributed by atoms with E-state index in [9.17, 15) is 4.79 Å². The lowest BCUT2D eigenvalue weighted by Crippen LogP contribution is -2.50. The summed E-state index contributed by atoms with van der Waals surface area (Å²) in [7, 11) is 0. The minimum Gasteiger partial charge on any atom is -0.486 e. The number of aromatic nitrogens is 6. The molecular weight excluding hydrogens is 412 g/mol. The van der Waals surface area contributed by atoms with Gasteiger partial charge in [0.1, 0.15) is 12.2 Å². The Kier molecular flexibility index (Phi) is 6.15. The monoisotopic (exact) mass is 438 g/mol. The Labute approximate surface area is 186 Å². The molecule has 1 saturated heterocycles. The molecule has 0 bridgehead atoms. The zero-order valence-corrected chi connectivity index (χ0v) is 18.4. The van der Waals surface area contributed by atoms with Crippen LogP contribution in [0.3, 0.4) is 0 Å². The normalized spacial score (nSPS) is 14.3. The van der Waals surface area contributed by atoms with E-state index in [1.54, 1.807) is 35.9 Å². The molecule has 0 aromatic carbocycles. The highest BCUT2D eigenvalue weighted by Gasteiger charge is 2.26. The van der Waals surface area contributed by atoms with Crippen LogP contribution in [0.1, 0.15) is 26.3 Å². The number of hydrogen-bond donors (Lipinski definition) is 0. The number of hydrogen-bond acceptors (Lipinski definition) is 9. The van der Waals surface area contributed by atoms with Crippen molar-refractivity contribution in [3.05, 3.63) is 48.7 Å². The first-order valence-electron chi connectivity index (χ1n) is 10.4. The molecule has 11 nitrogen and oxygen atoms in total. The van der Waals surface area contributed by atoms with Crippen LogP contribution in [0.2, 0.25) is 0 Å². The molecule has 3 aromatic rings. The van der Waals surface area contributed by atoms with Crippen LogP contribution in [0.15, 0.2) is 43.1 Å². The third-order valence-corrected chi connectivity index (χ3v) is 4.67. The Morgan fingerprint density at radius 1 is 0.969 bits per heavy atom. The summed E-state index contributed by atoms with van der Waals surface area (Å²) in [5.41, 5.74) is 0.408. The van der Waals surface area contributed by atoms with Crippen LogP contribution in [0.4, 0.5) is 10.7 Å². The Bertz CT molecular complexity index is 1010. The average molecular weight is 438 g/mol. The van der Waals surface area contributed by atoms with Gasteiger partial charge in [0, 0.05) is 37.9 Å². The van der Waals surface area contributed by atoms with Crippen LogP contribution < -0.4 is 9.64 Å². The smallest absolute Gasteiger partial charge is 0.410 e. The van der Waals surface area contributed by atoms with Crippen molar-refractivity contribution in [1.29, 1.82) is 0 Å². The number of amides is 1. The molecule has 0 N–H and O–H groups in total. The Hall–Kier alpha value is -3.76. The predicted molar refractivity (Wildman–Crippen MR) is 116 cm³/mol. The molecule has 3 aromatic heterocycles. The molecule has 4 heterocycles. The highest BCUT2D eigenvalue weighted by atomic mass is 16.6. The number of carbonyl (C=O) groups excluding carboxylic acids is 1. The molecule has 11 heteroatoms. The summed E-state index contributed by atoms with van der Waals surface area (Å²) >= 11 is 0. The van der Waals surface area contributed by atoms with Crippen LogP contribution in [-0.4, -0.2) is 72.7 Å². The van der Waals surface area contributed by atoms with E-state index >= 15 is 0 Å². The molecular formula is C21H26N8O3. The van der Waals surface area contributed by atoms with Gasteiger partial charge in [-0.1, -0.05) is 6.07 Å². The summed E-state index contributed by atoms with van der Waals surface area (Å²) in [6.07, 6.45) is 7.94. The second-order valence-electron chi connectivity index (χ2n) is 8.31.